The standard InChI is InChI=1S/C15H29N3O7S2Si/c1-6-9-27(22,23)15-16-14(26(20,21)10-7-13(19)24-2)17-18(15)12-25-8-11-28(3,4)5/h6-12H2,1-5H3. The Morgan fingerprint density at radius 3 is 2.29 bits per heavy atom. The summed E-state index contributed by atoms with van der Waals surface area (Å²) in [6.07, 6.45) is -0.0345. The number of hydrogen-bond acceptors (Lipinski definition) is 9. The molecule has 1 aromatic rings. The monoisotopic (exact) mass is 455 g/mol. The SMILES string of the molecule is CCCS(=O)(=O)c1nc(S(=O)(=O)CCC(=O)OC)nn1COCC[Si](C)(C)C. The number of sulfone groups is 2. The van der Waals surface area contributed by atoms with Crippen LogP contribution >= 0.6 is 0 Å². The highest BCUT2D eigenvalue weighted by molar-refractivity contribution is 7.92. The topological polar surface area (TPSA) is 135 Å². The summed E-state index contributed by atoms with van der Waals surface area (Å²) >= 11 is 0. The average molecular weight is 456 g/mol. The summed E-state index contributed by atoms with van der Waals surface area (Å²) in [5.41, 5.74) is 0. The third-order valence-corrected chi connectivity index (χ3v) is 8.64. The first-order valence-corrected chi connectivity index (χ1v) is 15.9. The van der Waals surface area contributed by atoms with Gasteiger partial charge in [-0.15, -0.1) is 5.10 Å². The second-order valence-corrected chi connectivity index (χ2v) is 17.1. The molecule has 0 aliphatic rings. The van der Waals surface area contributed by atoms with E-state index in [4.69, 9.17) is 4.74 Å². The van der Waals surface area contributed by atoms with Gasteiger partial charge in [0.15, 0.2) is 0 Å². The van der Waals surface area contributed by atoms with Crippen LogP contribution in [0.5, 0.6) is 0 Å². The van der Waals surface area contributed by atoms with Crippen molar-refractivity contribution in [3.8, 4) is 0 Å². The zero-order chi connectivity index (χ0) is 21.6. The van der Waals surface area contributed by atoms with Crippen LogP contribution in [0.1, 0.15) is 19.8 Å². The molecule has 0 radical (unpaired) electrons. The average Bonchev–Trinajstić information content (AvgIpc) is 3.02. The minimum Gasteiger partial charge on any atom is -0.469 e. The maximum atomic E-state index is 12.5. The Labute approximate surface area is 167 Å². The van der Waals surface area contributed by atoms with Gasteiger partial charge in [-0.25, -0.2) is 21.5 Å². The largest absolute Gasteiger partial charge is 0.469 e. The number of rotatable bonds is 12. The van der Waals surface area contributed by atoms with Gasteiger partial charge >= 0.3 is 5.97 Å². The molecule has 0 bridgehead atoms. The third kappa shape index (κ3) is 7.60. The predicted molar refractivity (Wildman–Crippen MR) is 105 cm³/mol. The fourth-order valence-electron chi connectivity index (χ4n) is 2.05. The van der Waals surface area contributed by atoms with Gasteiger partial charge in [0, 0.05) is 14.7 Å². The number of nitrogens with zero attached hydrogens (tertiary/aromatic N) is 3. The number of esters is 1. The van der Waals surface area contributed by atoms with Crippen molar-refractivity contribution in [1.29, 1.82) is 0 Å². The van der Waals surface area contributed by atoms with Gasteiger partial charge in [0.2, 0.25) is 24.8 Å². The number of ether oxygens (including phenoxy) is 2. The van der Waals surface area contributed by atoms with Gasteiger partial charge in [0.05, 0.1) is 25.0 Å². The summed E-state index contributed by atoms with van der Waals surface area (Å²) in [6.45, 7) is 8.41. The van der Waals surface area contributed by atoms with Crippen LogP contribution in [0.2, 0.25) is 25.7 Å². The molecule has 1 aromatic heterocycles. The molecule has 0 amide bonds. The summed E-state index contributed by atoms with van der Waals surface area (Å²) in [6, 6.07) is 0.864. The van der Waals surface area contributed by atoms with E-state index in [2.05, 4.69) is 34.5 Å². The van der Waals surface area contributed by atoms with Crippen LogP contribution in [0.25, 0.3) is 0 Å². The number of hydrogen-bond donors (Lipinski definition) is 0. The lowest BCUT2D eigenvalue weighted by atomic mass is 10.5. The molecule has 0 atom stereocenters. The smallest absolute Gasteiger partial charge is 0.306 e. The number of carbonyl (C=O) groups is 1. The molecule has 0 aromatic carbocycles. The zero-order valence-corrected chi connectivity index (χ0v) is 19.6. The lowest BCUT2D eigenvalue weighted by Crippen LogP contribution is -2.23. The van der Waals surface area contributed by atoms with E-state index in [1.807, 2.05) is 0 Å². The van der Waals surface area contributed by atoms with E-state index in [-0.39, 0.29) is 18.9 Å². The Morgan fingerprint density at radius 2 is 1.75 bits per heavy atom. The summed E-state index contributed by atoms with van der Waals surface area (Å²) < 4.78 is 60.6. The number of methoxy groups -OCH3 is 1. The molecule has 0 aliphatic heterocycles. The highest BCUT2D eigenvalue weighted by atomic mass is 32.2. The van der Waals surface area contributed by atoms with Crippen LogP contribution in [-0.2, 0) is 40.7 Å². The molecule has 28 heavy (non-hydrogen) atoms. The highest BCUT2D eigenvalue weighted by Gasteiger charge is 2.29. The Kier molecular flexibility index (Phi) is 8.78. The maximum absolute atomic E-state index is 12.5. The van der Waals surface area contributed by atoms with Gasteiger partial charge in [-0.2, -0.15) is 4.98 Å². The molecule has 0 aliphatic carbocycles. The lowest BCUT2D eigenvalue weighted by Gasteiger charge is -2.15. The van der Waals surface area contributed by atoms with Gasteiger partial charge in [-0.3, -0.25) is 4.79 Å². The molecule has 1 rings (SSSR count). The van der Waals surface area contributed by atoms with Crippen molar-refractivity contribution in [2.45, 2.75) is 62.5 Å². The summed E-state index contributed by atoms with van der Waals surface area (Å²) in [5, 5.41) is 2.76. The molecular weight excluding hydrogens is 426 g/mol. The van der Waals surface area contributed by atoms with Crippen molar-refractivity contribution >= 4 is 33.7 Å². The Bertz CT molecular complexity index is 874. The van der Waals surface area contributed by atoms with Crippen molar-refractivity contribution in [3.63, 3.8) is 0 Å². The predicted octanol–water partition coefficient (Wildman–Crippen LogP) is 1.11. The molecule has 10 nitrogen and oxygen atoms in total. The van der Waals surface area contributed by atoms with Crippen LogP contribution in [0.15, 0.2) is 10.3 Å². The van der Waals surface area contributed by atoms with Crippen LogP contribution in [-0.4, -0.2) is 70.9 Å². The van der Waals surface area contributed by atoms with Gasteiger partial charge in [0.25, 0.3) is 5.16 Å². The molecule has 0 saturated heterocycles. The molecule has 0 spiro atoms. The van der Waals surface area contributed by atoms with E-state index in [0.717, 1.165) is 17.8 Å². The molecule has 0 N–H and O–H groups in total. The molecule has 13 heteroatoms. The van der Waals surface area contributed by atoms with Crippen LogP contribution in [0.3, 0.4) is 0 Å². The number of carbonyl (C=O) groups excluding carboxylic acids is 1. The summed E-state index contributed by atoms with van der Waals surface area (Å²) in [5.74, 6) is -1.47. The molecule has 0 fully saturated rings. The first kappa shape index (κ1) is 24.7. The van der Waals surface area contributed by atoms with E-state index in [0.29, 0.717) is 13.0 Å². The highest BCUT2D eigenvalue weighted by Crippen LogP contribution is 2.16. The van der Waals surface area contributed by atoms with Crippen molar-refractivity contribution in [2.24, 2.45) is 0 Å². The maximum Gasteiger partial charge on any atom is 0.306 e. The lowest BCUT2D eigenvalue weighted by molar-refractivity contribution is -0.140. The van der Waals surface area contributed by atoms with E-state index in [1.165, 1.54) is 0 Å². The number of aromatic nitrogens is 3. The van der Waals surface area contributed by atoms with Gasteiger partial charge in [-0.05, 0) is 12.5 Å². The Morgan fingerprint density at radius 1 is 1.11 bits per heavy atom. The first-order chi connectivity index (χ1) is 12.8. The molecule has 0 unspecified atom stereocenters. The normalized spacial score (nSPS) is 12.9. The van der Waals surface area contributed by atoms with E-state index in [9.17, 15) is 21.6 Å². The van der Waals surface area contributed by atoms with Crippen LogP contribution in [0.4, 0.5) is 0 Å². The van der Waals surface area contributed by atoms with E-state index >= 15 is 0 Å². The molecule has 1 heterocycles. The van der Waals surface area contributed by atoms with E-state index in [1.54, 1.807) is 6.92 Å². The molecule has 162 valence electrons. The fraction of sp³-hybridized carbons (Fsp3) is 0.800. The minimum absolute atomic E-state index is 0.192. The van der Waals surface area contributed by atoms with E-state index < -0.39 is 49.8 Å². The second kappa shape index (κ2) is 9.94. The van der Waals surface area contributed by atoms with Gasteiger partial charge in [0.1, 0.15) is 6.73 Å². The van der Waals surface area contributed by atoms with Crippen LogP contribution < -0.4 is 0 Å². The summed E-state index contributed by atoms with van der Waals surface area (Å²) in [7, 11) is -8.06. The van der Waals surface area contributed by atoms with Gasteiger partial charge < -0.3 is 9.47 Å². The fourth-order valence-corrected chi connectivity index (χ4v) is 5.30. The van der Waals surface area contributed by atoms with Crippen LogP contribution in [0, 0.1) is 0 Å². The summed E-state index contributed by atoms with van der Waals surface area (Å²) in [4.78, 5) is 15.0. The third-order valence-electron chi connectivity index (χ3n) is 3.66. The molecular formula is C15H29N3O7S2Si. The quantitative estimate of drug-likeness (QED) is 0.258. The Balaban J connectivity index is 3.11. The minimum atomic E-state index is -4.05. The van der Waals surface area contributed by atoms with Gasteiger partial charge in [-0.1, -0.05) is 26.6 Å². The van der Waals surface area contributed by atoms with Crippen molar-refractivity contribution in [1.82, 2.24) is 14.8 Å². The second-order valence-electron chi connectivity index (χ2n) is 7.49. The first-order valence-electron chi connectivity index (χ1n) is 8.87. The van der Waals surface area contributed by atoms with Crippen molar-refractivity contribution in [3.05, 3.63) is 0 Å². The van der Waals surface area contributed by atoms with Crippen molar-refractivity contribution < 1.29 is 31.1 Å². The zero-order valence-electron chi connectivity index (χ0n) is 17.0. The molecule has 0 saturated carbocycles. The van der Waals surface area contributed by atoms with Crippen molar-refractivity contribution in [2.75, 3.05) is 25.2 Å². The Hall–Kier alpha value is -1.31.